The number of nitrogens with one attached hydrogen (secondary N) is 1. The topological polar surface area (TPSA) is 50.2 Å². The maximum atomic E-state index is 14.2. The number of carbonyl (C=O) groups excluding carboxylic acids is 1. The van der Waals surface area contributed by atoms with Crippen molar-refractivity contribution < 1.29 is 9.18 Å². The first-order valence-corrected chi connectivity index (χ1v) is 10.5. The van der Waals surface area contributed by atoms with Gasteiger partial charge in [-0.15, -0.1) is 0 Å². The van der Waals surface area contributed by atoms with E-state index in [1.54, 1.807) is 18.0 Å². The van der Waals surface area contributed by atoms with Crippen molar-refractivity contribution in [1.29, 1.82) is 0 Å². The van der Waals surface area contributed by atoms with Crippen LogP contribution in [0.3, 0.4) is 0 Å². The number of benzene rings is 1. The number of carbonyl (C=O) groups is 1. The fraction of sp³-hybridized carbons (Fsp3) is 0.417. The van der Waals surface area contributed by atoms with Crippen LogP contribution in [0.2, 0.25) is 0 Å². The summed E-state index contributed by atoms with van der Waals surface area (Å²) in [5, 5.41) is 4.53. The third-order valence-electron chi connectivity index (χ3n) is 6.49. The molecule has 0 spiro atoms. The van der Waals surface area contributed by atoms with Gasteiger partial charge >= 0.3 is 0 Å². The normalized spacial score (nSPS) is 15.4. The van der Waals surface area contributed by atoms with Crippen molar-refractivity contribution in [2.45, 2.75) is 39.7 Å². The van der Waals surface area contributed by atoms with Gasteiger partial charge in [0.2, 0.25) is 0 Å². The van der Waals surface area contributed by atoms with E-state index in [1.807, 2.05) is 30.8 Å². The quantitative estimate of drug-likeness (QED) is 0.686. The first-order chi connectivity index (χ1) is 14.3. The SMILES string of the molecule is Cc1cncc2c1c(C(C)C1CNC1)cn2-c1ccc(F)cc1C(=O)N(C)C(C)C. The molecule has 0 aliphatic carbocycles. The predicted octanol–water partition coefficient (Wildman–Crippen LogP) is 4.28. The standard InChI is InChI=1S/C24H29FN4O/c1-14(2)28(5)24(30)19-8-18(25)6-7-21(19)29-13-20(16(4)17-10-27-11-17)23-15(3)9-26-12-22(23)29/h6-9,12-14,16-17,27H,10-11H2,1-5H3. The highest BCUT2D eigenvalue weighted by Crippen LogP contribution is 2.37. The number of hydrogen-bond acceptors (Lipinski definition) is 3. The van der Waals surface area contributed by atoms with Gasteiger partial charge in [-0.2, -0.15) is 0 Å². The molecule has 5 nitrogen and oxygen atoms in total. The first-order valence-electron chi connectivity index (χ1n) is 10.5. The summed E-state index contributed by atoms with van der Waals surface area (Å²) in [6.45, 7) is 10.2. The first kappa shape index (κ1) is 20.5. The summed E-state index contributed by atoms with van der Waals surface area (Å²) in [4.78, 5) is 19.2. The highest BCUT2D eigenvalue weighted by atomic mass is 19.1. The third kappa shape index (κ3) is 3.39. The lowest BCUT2D eigenvalue weighted by molar-refractivity contribution is 0.0754. The lowest BCUT2D eigenvalue weighted by Crippen LogP contribution is -2.44. The number of pyridine rings is 1. The maximum Gasteiger partial charge on any atom is 0.256 e. The number of aryl methyl sites for hydroxylation is 1. The number of rotatable bonds is 5. The zero-order chi connectivity index (χ0) is 21.6. The van der Waals surface area contributed by atoms with E-state index in [0.29, 0.717) is 23.1 Å². The Balaban J connectivity index is 1.92. The minimum atomic E-state index is -0.417. The van der Waals surface area contributed by atoms with Crippen molar-refractivity contribution in [2.24, 2.45) is 5.92 Å². The number of halogens is 1. The summed E-state index contributed by atoms with van der Waals surface area (Å²) in [6, 6.07) is 4.46. The van der Waals surface area contributed by atoms with Crippen molar-refractivity contribution in [3.8, 4) is 5.69 Å². The smallest absolute Gasteiger partial charge is 0.256 e. The van der Waals surface area contributed by atoms with Gasteiger partial charge in [-0.05, 0) is 75.0 Å². The van der Waals surface area contributed by atoms with Gasteiger partial charge < -0.3 is 14.8 Å². The van der Waals surface area contributed by atoms with E-state index in [0.717, 1.165) is 24.2 Å². The Hall–Kier alpha value is -2.73. The van der Waals surface area contributed by atoms with Crippen LogP contribution in [0.25, 0.3) is 16.6 Å². The van der Waals surface area contributed by atoms with Crippen LogP contribution in [0, 0.1) is 18.7 Å². The van der Waals surface area contributed by atoms with Crippen LogP contribution in [0.4, 0.5) is 4.39 Å². The van der Waals surface area contributed by atoms with Crippen LogP contribution in [0.1, 0.15) is 48.2 Å². The second-order valence-electron chi connectivity index (χ2n) is 8.68. The Labute approximate surface area is 176 Å². The summed E-state index contributed by atoms with van der Waals surface area (Å²) in [7, 11) is 1.75. The van der Waals surface area contributed by atoms with Gasteiger partial charge in [0.15, 0.2) is 0 Å². The van der Waals surface area contributed by atoms with Crippen molar-refractivity contribution in [3.63, 3.8) is 0 Å². The minimum absolute atomic E-state index is 0.0145. The summed E-state index contributed by atoms with van der Waals surface area (Å²) in [5.74, 6) is 0.339. The van der Waals surface area contributed by atoms with E-state index >= 15 is 0 Å². The Morgan fingerprint density at radius 3 is 2.63 bits per heavy atom. The van der Waals surface area contributed by atoms with Crippen LogP contribution >= 0.6 is 0 Å². The van der Waals surface area contributed by atoms with Crippen LogP contribution in [-0.4, -0.2) is 46.5 Å². The molecule has 1 atom stereocenters. The highest BCUT2D eigenvalue weighted by Gasteiger charge is 2.29. The largest absolute Gasteiger partial charge is 0.339 e. The minimum Gasteiger partial charge on any atom is -0.339 e. The second-order valence-corrected chi connectivity index (χ2v) is 8.68. The molecule has 4 rings (SSSR count). The van der Waals surface area contributed by atoms with E-state index < -0.39 is 5.82 Å². The lowest BCUT2D eigenvalue weighted by Gasteiger charge is -2.32. The van der Waals surface area contributed by atoms with Crippen LogP contribution in [-0.2, 0) is 0 Å². The molecule has 1 fully saturated rings. The molecule has 1 aliphatic rings. The molecule has 1 unspecified atom stereocenters. The molecule has 1 aliphatic heterocycles. The predicted molar refractivity (Wildman–Crippen MR) is 118 cm³/mol. The monoisotopic (exact) mass is 408 g/mol. The molecular formula is C24H29FN4O. The molecule has 30 heavy (non-hydrogen) atoms. The molecule has 1 N–H and O–H groups in total. The molecule has 3 aromatic rings. The molecule has 1 aromatic carbocycles. The zero-order valence-corrected chi connectivity index (χ0v) is 18.2. The van der Waals surface area contributed by atoms with Gasteiger partial charge in [-0.1, -0.05) is 6.92 Å². The molecule has 2 aromatic heterocycles. The molecule has 158 valence electrons. The van der Waals surface area contributed by atoms with Gasteiger partial charge in [0, 0.05) is 30.9 Å². The van der Waals surface area contributed by atoms with Gasteiger partial charge in [0.25, 0.3) is 5.91 Å². The van der Waals surface area contributed by atoms with E-state index in [9.17, 15) is 9.18 Å². The Morgan fingerprint density at radius 1 is 1.27 bits per heavy atom. The van der Waals surface area contributed by atoms with Crippen molar-refractivity contribution in [3.05, 3.63) is 59.3 Å². The Kier molecular flexibility index (Phi) is 5.36. The molecule has 0 radical (unpaired) electrons. The highest BCUT2D eigenvalue weighted by molar-refractivity contribution is 5.99. The van der Waals surface area contributed by atoms with Gasteiger partial charge in [-0.3, -0.25) is 9.78 Å². The van der Waals surface area contributed by atoms with E-state index in [4.69, 9.17) is 0 Å². The number of aromatic nitrogens is 2. The maximum absolute atomic E-state index is 14.2. The summed E-state index contributed by atoms with van der Waals surface area (Å²) in [6.07, 6.45) is 5.83. The molecule has 6 heteroatoms. The molecular weight excluding hydrogens is 379 g/mol. The zero-order valence-electron chi connectivity index (χ0n) is 18.2. The van der Waals surface area contributed by atoms with Crippen molar-refractivity contribution >= 4 is 16.8 Å². The Bertz CT molecular complexity index is 1100. The molecule has 1 saturated heterocycles. The molecule has 1 amide bonds. The summed E-state index contributed by atoms with van der Waals surface area (Å²) < 4.78 is 16.2. The summed E-state index contributed by atoms with van der Waals surface area (Å²) >= 11 is 0. The fourth-order valence-corrected chi connectivity index (χ4v) is 4.16. The third-order valence-corrected chi connectivity index (χ3v) is 6.49. The number of hydrogen-bond donors (Lipinski definition) is 1. The molecule has 0 bridgehead atoms. The second kappa shape index (κ2) is 7.84. The van der Waals surface area contributed by atoms with Crippen LogP contribution < -0.4 is 5.32 Å². The fourth-order valence-electron chi connectivity index (χ4n) is 4.16. The molecule has 3 heterocycles. The lowest BCUT2D eigenvalue weighted by atomic mass is 9.83. The number of nitrogens with zero attached hydrogens (tertiary/aromatic N) is 3. The van der Waals surface area contributed by atoms with E-state index in [2.05, 4.69) is 30.3 Å². The van der Waals surface area contributed by atoms with Crippen molar-refractivity contribution in [2.75, 3.05) is 20.1 Å². The summed E-state index contributed by atoms with van der Waals surface area (Å²) in [5.41, 5.74) is 4.33. The van der Waals surface area contributed by atoms with Gasteiger partial charge in [-0.25, -0.2) is 4.39 Å². The van der Waals surface area contributed by atoms with Crippen LogP contribution in [0.15, 0.2) is 36.8 Å². The number of fused-ring (bicyclic) bond motifs is 1. The van der Waals surface area contributed by atoms with E-state index in [-0.39, 0.29) is 11.9 Å². The number of amides is 1. The average Bonchev–Trinajstić information content (AvgIpc) is 3.06. The Morgan fingerprint density at radius 2 is 2.00 bits per heavy atom. The van der Waals surface area contributed by atoms with E-state index in [1.165, 1.54) is 23.1 Å². The van der Waals surface area contributed by atoms with Crippen LogP contribution in [0.5, 0.6) is 0 Å². The van der Waals surface area contributed by atoms with Crippen molar-refractivity contribution in [1.82, 2.24) is 19.8 Å². The van der Waals surface area contributed by atoms with Gasteiger partial charge in [0.05, 0.1) is 23.0 Å². The average molecular weight is 409 g/mol. The molecule has 0 saturated carbocycles. The van der Waals surface area contributed by atoms with Gasteiger partial charge in [0.1, 0.15) is 5.82 Å².